The van der Waals surface area contributed by atoms with Crippen LogP contribution in [0.4, 0.5) is 0 Å². The average molecular weight is 245 g/mol. The highest BCUT2D eigenvalue weighted by Crippen LogP contribution is 2.36. The first kappa shape index (κ1) is 13.3. The third kappa shape index (κ3) is 2.22. The van der Waals surface area contributed by atoms with Crippen LogP contribution >= 0.6 is 0 Å². The van der Waals surface area contributed by atoms with E-state index in [9.17, 15) is 4.79 Å². The molecular weight excluding hydrogens is 222 g/mol. The Kier molecular flexibility index (Phi) is 3.86. The van der Waals surface area contributed by atoms with Crippen molar-refractivity contribution in [3.8, 4) is 0 Å². The van der Waals surface area contributed by atoms with E-state index in [1.54, 1.807) is 0 Å². The molecule has 1 fully saturated rings. The van der Waals surface area contributed by atoms with Gasteiger partial charge in [-0.15, -0.1) is 0 Å². The number of ketones is 1. The van der Waals surface area contributed by atoms with E-state index >= 15 is 0 Å². The Morgan fingerprint density at radius 2 is 1.94 bits per heavy atom. The van der Waals surface area contributed by atoms with Gasteiger partial charge in [-0.2, -0.15) is 0 Å². The third-order valence-electron chi connectivity index (χ3n) is 4.31. The summed E-state index contributed by atoms with van der Waals surface area (Å²) in [7, 11) is 4.07. The molecule has 0 spiro atoms. The van der Waals surface area contributed by atoms with E-state index in [-0.39, 0.29) is 5.54 Å². The second-order valence-electron chi connectivity index (χ2n) is 5.52. The van der Waals surface area contributed by atoms with Gasteiger partial charge in [0, 0.05) is 5.56 Å². The summed E-state index contributed by atoms with van der Waals surface area (Å²) in [6, 6.07) is 8.12. The normalized spacial score (nSPS) is 18.2. The number of aryl methyl sites for hydroxylation is 1. The van der Waals surface area contributed by atoms with Crippen LogP contribution in [0, 0.1) is 0 Å². The number of Topliss-reactive ketones (excluding diaryl/α,β-unsaturated/α-hetero) is 1. The highest BCUT2D eigenvalue weighted by atomic mass is 16.1. The maximum Gasteiger partial charge on any atom is 0.183 e. The number of likely N-dealkylation sites (N-methyl/N-ethyl adjacent to an activating group) is 1. The van der Waals surface area contributed by atoms with E-state index in [4.69, 9.17) is 0 Å². The van der Waals surface area contributed by atoms with E-state index in [1.165, 1.54) is 5.56 Å². The van der Waals surface area contributed by atoms with Crippen LogP contribution in [0.15, 0.2) is 24.3 Å². The van der Waals surface area contributed by atoms with Gasteiger partial charge in [-0.3, -0.25) is 9.69 Å². The van der Waals surface area contributed by atoms with E-state index < -0.39 is 0 Å². The van der Waals surface area contributed by atoms with Crippen molar-refractivity contribution in [2.24, 2.45) is 0 Å². The molecule has 1 aliphatic carbocycles. The molecule has 1 aliphatic rings. The molecule has 0 saturated heterocycles. The molecule has 2 nitrogen and oxygen atoms in total. The summed E-state index contributed by atoms with van der Waals surface area (Å²) < 4.78 is 0. The topological polar surface area (TPSA) is 20.3 Å². The summed E-state index contributed by atoms with van der Waals surface area (Å²) in [5.41, 5.74) is 1.87. The van der Waals surface area contributed by atoms with Crippen LogP contribution in [-0.4, -0.2) is 30.3 Å². The molecule has 0 radical (unpaired) electrons. The fourth-order valence-electron chi connectivity index (χ4n) is 3.04. The Bertz CT molecular complexity index is 430. The van der Waals surface area contributed by atoms with Gasteiger partial charge in [-0.25, -0.2) is 0 Å². The molecule has 2 rings (SSSR count). The van der Waals surface area contributed by atoms with Crippen molar-refractivity contribution in [2.45, 2.75) is 44.6 Å². The van der Waals surface area contributed by atoms with Crippen LogP contribution in [0.1, 0.15) is 48.5 Å². The molecule has 1 aromatic rings. The number of benzene rings is 1. The minimum absolute atomic E-state index is 0.258. The standard InChI is InChI=1S/C16H23NO/c1-4-13-8-7-9-14(12-13)15(18)16(17(2)3)10-5-6-11-16/h7-9,12H,4-6,10-11H2,1-3H3. The number of carbonyl (C=O) groups excluding carboxylic acids is 1. The molecule has 1 saturated carbocycles. The van der Waals surface area contributed by atoms with Gasteiger partial charge < -0.3 is 0 Å². The zero-order chi connectivity index (χ0) is 13.2. The number of hydrogen-bond donors (Lipinski definition) is 0. The van der Waals surface area contributed by atoms with Crippen molar-refractivity contribution in [3.63, 3.8) is 0 Å². The third-order valence-corrected chi connectivity index (χ3v) is 4.31. The summed E-state index contributed by atoms with van der Waals surface area (Å²) in [6.45, 7) is 2.13. The minimum Gasteiger partial charge on any atom is -0.297 e. The van der Waals surface area contributed by atoms with Gasteiger partial charge in [-0.05, 0) is 45.0 Å². The van der Waals surface area contributed by atoms with Crippen molar-refractivity contribution in [2.75, 3.05) is 14.1 Å². The molecule has 0 amide bonds. The summed E-state index contributed by atoms with van der Waals surface area (Å²) in [6.07, 6.45) is 5.30. The highest BCUT2D eigenvalue weighted by molar-refractivity contribution is 6.03. The van der Waals surface area contributed by atoms with E-state index in [1.807, 2.05) is 26.2 Å². The average Bonchev–Trinajstić information content (AvgIpc) is 2.88. The Balaban J connectivity index is 2.34. The van der Waals surface area contributed by atoms with Crippen LogP contribution in [-0.2, 0) is 6.42 Å². The largest absolute Gasteiger partial charge is 0.297 e. The second-order valence-corrected chi connectivity index (χ2v) is 5.52. The van der Waals surface area contributed by atoms with Gasteiger partial charge >= 0.3 is 0 Å². The Hall–Kier alpha value is -1.15. The lowest BCUT2D eigenvalue weighted by atomic mass is 9.86. The van der Waals surface area contributed by atoms with Crippen LogP contribution in [0.5, 0.6) is 0 Å². The number of nitrogens with zero attached hydrogens (tertiary/aromatic N) is 1. The summed E-state index contributed by atoms with van der Waals surface area (Å²) in [4.78, 5) is 15.0. The molecule has 0 heterocycles. The van der Waals surface area contributed by atoms with Crippen molar-refractivity contribution < 1.29 is 4.79 Å². The van der Waals surface area contributed by atoms with Gasteiger partial charge in [0.2, 0.25) is 0 Å². The first-order valence-electron chi connectivity index (χ1n) is 6.91. The molecular formula is C16H23NO. The number of rotatable bonds is 4. The van der Waals surface area contributed by atoms with E-state index in [0.717, 1.165) is 37.7 Å². The summed E-state index contributed by atoms with van der Waals surface area (Å²) in [5.74, 6) is 0.306. The maximum atomic E-state index is 12.8. The molecule has 0 bridgehead atoms. The maximum absolute atomic E-state index is 12.8. The Labute approximate surface area is 110 Å². The van der Waals surface area contributed by atoms with Gasteiger partial charge in [0.1, 0.15) is 0 Å². The van der Waals surface area contributed by atoms with Gasteiger partial charge in [0.25, 0.3) is 0 Å². The Morgan fingerprint density at radius 1 is 1.28 bits per heavy atom. The highest BCUT2D eigenvalue weighted by Gasteiger charge is 2.43. The first-order chi connectivity index (χ1) is 8.60. The molecule has 0 aliphatic heterocycles. The van der Waals surface area contributed by atoms with Crippen molar-refractivity contribution >= 4 is 5.78 Å². The predicted molar refractivity (Wildman–Crippen MR) is 75.0 cm³/mol. The van der Waals surface area contributed by atoms with Crippen LogP contribution in [0.25, 0.3) is 0 Å². The van der Waals surface area contributed by atoms with E-state index in [0.29, 0.717) is 5.78 Å². The Morgan fingerprint density at radius 3 is 2.50 bits per heavy atom. The molecule has 0 atom stereocenters. The molecule has 0 N–H and O–H groups in total. The lowest BCUT2D eigenvalue weighted by Gasteiger charge is -2.34. The van der Waals surface area contributed by atoms with Crippen LogP contribution in [0.2, 0.25) is 0 Å². The van der Waals surface area contributed by atoms with Crippen molar-refractivity contribution in [1.82, 2.24) is 4.90 Å². The lowest BCUT2D eigenvalue weighted by molar-refractivity contribution is 0.0693. The first-order valence-corrected chi connectivity index (χ1v) is 6.91. The second kappa shape index (κ2) is 5.23. The minimum atomic E-state index is -0.258. The van der Waals surface area contributed by atoms with Crippen LogP contribution < -0.4 is 0 Å². The zero-order valence-electron chi connectivity index (χ0n) is 11.7. The number of carbonyl (C=O) groups is 1. The van der Waals surface area contributed by atoms with Crippen molar-refractivity contribution in [3.05, 3.63) is 35.4 Å². The molecule has 0 aromatic heterocycles. The van der Waals surface area contributed by atoms with Gasteiger partial charge in [0.15, 0.2) is 5.78 Å². The molecule has 98 valence electrons. The SMILES string of the molecule is CCc1cccc(C(=O)C2(N(C)C)CCCC2)c1. The van der Waals surface area contributed by atoms with Crippen LogP contribution in [0.3, 0.4) is 0 Å². The fraction of sp³-hybridized carbons (Fsp3) is 0.562. The molecule has 18 heavy (non-hydrogen) atoms. The summed E-state index contributed by atoms with van der Waals surface area (Å²) >= 11 is 0. The van der Waals surface area contributed by atoms with Gasteiger partial charge in [0.05, 0.1) is 5.54 Å². The monoisotopic (exact) mass is 245 g/mol. The van der Waals surface area contributed by atoms with Crippen molar-refractivity contribution in [1.29, 1.82) is 0 Å². The summed E-state index contributed by atoms with van der Waals surface area (Å²) in [5, 5.41) is 0. The smallest absolute Gasteiger partial charge is 0.183 e. The predicted octanol–water partition coefficient (Wildman–Crippen LogP) is 3.31. The molecule has 1 aromatic carbocycles. The zero-order valence-corrected chi connectivity index (χ0v) is 11.7. The quantitative estimate of drug-likeness (QED) is 0.759. The van der Waals surface area contributed by atoms with E-state index in [2.05, 4.69) is 24.0 Å². The number of hydrogen-bond acceptors (Lipinski definition) is 2. The van der Waals surface area contributed by atoms with Gasteiger partial charge in [-0.1, -0.05) is 38.0 Å². The fourth-order valence-corrected chi connectivity index (χ4v) is 3.04. The lowest BCUT2D eigenvalue weighted by Crippen LogP contribution is -2.48. The molecule has 0 unspecified atom stereocenters. The molecule has 2 heteroatoms.